The van der Waals surface area contributed by atoms with Gasteiger partial charge in [-0.1, -0.05) is 18.2 Å². The van der Waals surface area contributed by atoms with Crippen LogP contribution >= 0.6 is 0 Å². The fourth-order valence-corrected chi connectivity index (χ4v) is 3.17. The molecule has 1 saturated carbocycles. The third-order valence-corrected chi connectivity index (χ3v) is 4.41. The van der Waals surface area contributed by atoms with Crippen LogP contribution in [-0.4, -0.2) is 23.2 Å². The smallest absolute Gasteiger partial charge is 0.0904 e. The summed E-state index contributed by atoms with van der Waals surface area (Å²) in [5, 5.41) is 16.5. The molecule has 3 rings (SSSR count). The summed E-state index contributed by atoms with van der Waals surface area (Å²) in [5.41, 5.74) is 0.336. The molecule has 0 bridgehead atoms. The van der Waals surface area contributed by atoms with Crippen molar-refractivity contribution in [2.45, 2.75) is 37.3 Å². The second-order valence-electron chi connectivity index (χ2n) is 5.50. The second kappa shape index (κ2) is 4.91. The van der Waals surface area contributed by atoms with E-state index in [1.807, 2.05) is 31.4 Å². The molecule has 2 aromatic rings. The van der Waals surface area contributed by atoms with E-state index in [2.05, 4.69) is 16.4 Å². The summed E-state index contributed by atoms with van der Waals surface area (Å²) < 4.78 is 0. The van der Waals surface area contributed by atoms with E-state index in [9.17, 15) is 5.11 Å². The van der Waals surface area contributed by atoms with E-state index in [0.29, 0.717) is 6.04 Å². The first kappa shape index (κ1) is 12.6. The van der Waals surface area contributed by atoms with Crippen LogP contribution in [0.5, 0.6) is 0 Å². The number of benzene rings is 1. The second-order valence-corrected chi connectivity index (χ2v) is 5.50. The van der Waals surface area contributed by atoms with Gasteiger partial charge >= 0.3 is 0 Å². The zero-order chi connectivity index (χ0) is 13.3. The van der Waals surface area contributed by atoms with Crippen molar-refractivity contribution in [1.29, 1.82) is 0 Å². The van der Waals surface area contributed by atoms with Gasteiger partial charge in [-0.05, 0) is 49.7 Å². The number of aromatic nitrogens is 1. The van der Waals surface area contributed by atoms with Gasteiger partial charge in [0.15, 0.2) is 0 Å². The van der Waals surface area contributed by atoms with E-state index in [1.54, 1.807) is 6.20 Å². The molecule has 1 aromatic carbocycles. The lowest BCUT2D eigenvalue weighted by atomic mass is 9.76. The van der Waals surface area contributed by atoms with E-state index in [4.69, 9.17) is 0 Å². The summed E-state index contributed by atoms with van der Waals surface area (Å²) in [6.07, 6.45) is 7.33. The van der Waals surface area contributed by atoms with Gasteiger partial charge in [0.1, 0.15) is 0 Å². The van der Waals surface area contributed by atoms with E-state index in [0.717, 1.165) is 42.0 Å². The zero-order valence-corrected chi connectivity index (χ0v) is 11.3. The minimum Gasteiger partial charge on any atom is -0.385 e. The lowest BCUT2D eigenvalue weighted by Gasteiger charge is -2.37. The molecule has 1 aliphatic rings. The maximum atomic E-state index is 11.0. The quantitative estimate of drug-likeness (QED) is 0.868. The molecule has 0 aliphatic heterocycles. The van der Waals surface area contributed by atoms with Crippen LogP contribution in [0.15, 0.2) is 36.7 Å². The van der Waals surface area contributed by atoms with Crippen LogP contribution in [0.25, 0.3) is 10.8 Å². The van der Waals surface area contributed by atoms with Gasteiger partial charge in [-0.3, -0.25) is 4.98 Å². The molecule has 0 saturated heterocycles. The monoisotopic (exact) mass is 256 g/mol. The van der Waals surface area contributed by atoms with Crippen molar-refractivity contribution >= 4 is 10.8 Å². The predicted molar refractivity (Wildman–Crippen MR) is 77.0 cm³/mol. The number of pyridine rings is 1. The molecule has 1 fully saturated rings. The number of nitrogens with zero attached hydrogens (tertiary/aromatic N) is 1. The summed E-state index contributed by atoms with van der Waals surface area (Å²) in [4.78, 5) is 4.21. The molecule has 0 spiro atoms. The van der Waals surface area contributed by atoms with E-state index < -0.39 is 5.60 Å². The van der Waals surface area contributed by atoms with E-state index in [1.165, 1.54) is 0 Å². The van der Waals surface area contributed by atoms with Crippen molar-refractivity contribution in [2.24, 2.45) is 0 Å². The average Bonchev–Trinajstić information content (AvgIpc) is 2.47. The summed E-state index contributed by atoms with van der Waals surface area (Å²) in [6.45, 7) is 0. The molecular formula is C16H20N2O. The van der Waals surface area contributed by atoms with Crippen LogP contribution in [0, 0.1) is 0 Å². The Labute approximate surface area is 113 Å². The molecule has 0 atom stereocenters. The number of rotatable bonds is 2. The Balaban J connectivity index is 2.00. The Morgan fingerprint density at radius 2 is 2.05 bits per heavy atom. The molecule has 1 heterocycles. The van der Waals surface area contributed by atoms with Gasteiger partial charge in [-0.15, -0.1) is 0 Å². The molecule has 0 unspecified atom stereocenters. The lowest BCUT2D eigenvalue weighted by Crippen LogP contribution is -2.38. The molecular weight excluding hydrogens is 236 g/mol. The summed E-state index contributed by atoms with van der Waals surface area (Å²) in [7, 11) is 2.00. The number of hydrogen-bond donors (Lipinski definition) is 2. The zero-order valence-electron chi connectivity index (χ0n) is 11.3. The SMILES string of the molecule is CNC1CCC(O)(c2cccc3ccncc23)CC1. The standard InChI is InChI=1S/C16H20N2O/c1-17-13-5-8-16(19,9-6-13)15-4-2-3-12-7-10-18-11-14(12)15/h2-4,7,10-11,13,17,19H,5-6,8-9H2,1H3. The van der Waals surface area contributed by atoms with Crippen molar-refractivity contribution in [2.75, 3.05) is 7.05 Å². The van der Waals surface area contributed by atoms with Crippen LogP contribution in [0.1, 0.15) is 31.2 Å². The van der Waals surface area contributed by atoms with Gasteiger partial charge in [0.25, 0.3) is 0 Å². The van der Waals surface area contributed by atoms with E-state index in [-0.39, 0.29) is 0 Å². The van der Waals surface area contributed by atoms with Gasteiger partial charge in [0.05, 0.1) is 5.60 Å². The Morgan fingerprint density at radius 3 is 2.79 bits per heavy atom. The highest BCUT2D eigenvalue weighted by atomic mass is 16.3. The Morgan fingerprint density at radius 1 is 1.26 bits per heavy atom. The van der Waals surface area contributed by atoms with Crippen LogP contribution in [0.4, 0.5) is 0 Å². The molecule has 1 aromatic heterocycles. The van der Waals surface area contributed by atoms with Gasteiger partial charge < -0.3 is 10.4 Å². The molecule has 2 N–H and O–H groups in total. The summed E-state index contributed by atoms with van der Waals surface area (Å²) in [5.74, 6) is 0. The molecule has 3 heteroatoms. The first-order chi connectivity index (χ1) is 9.23. The third kappa shape index (κ3) is 2.24. The van der Waals surface area contributed by atoms with Crippen LogP contribution in [0.3, 0.4) is 0 Å². The highest BCUT2D eigenvalue weighted by Crippen LogP contribution is 2.39. The van der Waals surface area contributed by atoms with Crippen molar-refractivity contribution < 1.29 is 5.11 Å². The van der Waals surface area contributed by atoms with Crippen molar-refractivity contribution in [3.63, 3.8) is 0 Å². The van der Waals surface area contributed by atoms with Crippen LogP contribution in [-0.2, 0) is 5.60 Å². The maximum absolute atomic E-state index is 11.0. The van der Waals surface area contributed by atoms with Crippen molar-refractivity contribution in [3.8, 4) is 0 Å². The highest BCUT2D eigenvalue weighted by molar-refractivity contribution is 5.85. The van der Waals surface area contributed by atoms with E-state index >= 15 is 0 Å². The predicted octanol–water partition coefficient (Wildman–Crippen LogP) is 2.58. The number of aliphatic hydroxyl groups is 1. The minimum absolute atomic E-state index is 0.536. The van der Waals surface area contributed by atoms with Gasteiger partial charge in [-0.2, -0.15) is 0 Å². The largest absolute Gasteiger partial charge is 0.385 e. The molecule has 0 radical (unpaired) electrons. The van der Waals surface area contributed by atoms with Gasteiger partial charge in [0.2, 0.25) is 0 Å². The molecule has 19 heavy (non-hydrogen) atoms. The van der Waals surface area contributed by atoms with Gasteiger partial charge in [0, 0.05) is 23.8 Å². The average molecular weight is 256 g/mol. The van der Waals surface area contributed by atoms with Crippen molar-refractivity contribution in [3.05, 3.63) is 42.2 Å². The first-order valence-electron chi connectivity index (χ1n) is 6.96. The number of hydrogen-bond acceptors (Lipinski definition) is 3. The van der Waals surface area contributed by atoms with Crippen molar-refractivity contribution in [1.82, 2.24) is 10.3 Å². The number of fused-ring (bicyclic) bond motifs is 1. The maximum Gasteiger partial charge on any atom is 0.0904 e. The lowest BCUT2D eigenvalue weighted by molar-refractivity contribution is -0.00630. The molecule has 1 aliphatic carbocycles. The number of nitrogens with one attached hydrogen (secondary N) is 1. The Bertz CT molecular complexity index is 568. The van der Waals surface area contributed by atoms with Crippen LogP contribution in [0.2, 0.25) is 0 Å². The minimum atomic E-state index is -0.699. The Hall–Kier alpha value is -1.45. The fourth-order valence-electron chi connectivity index (χ4n) is 3.17. The molecule has 0 amide bonds. The fraction of sp³-hybridized carbons (Fsp3) is 0.438. The topological polar surface area (TPSA) is 45.1 Å². The summed E-state index contributed by atoms with van der Waals surface area (Å²) >= 11 is 0. The molecule has 3 nitrogen and oxygen atoms in total. The van der Waals surface area contributed by atoms with Crippen LogP contribution < -0.4 is 5.32 Å². The molecule has 100 valence electrons. The highest BCUT2D eigenvalue weighted by Gasteiger charge is 2.35. The summed E-state index contributed by atoms with van der Waals surface area (Å²) in [6, 6.07) is 8.68. The normalized spacial score (nSPS) is 27.6. The third-order valence-electron chi connectivity index (χ3n) is 4.41. The Kier molecular flexibility index (Phi) is 3.25. The van der Waals surface area contributed by atoms with Gasteiger partial charge in [-0.25, -0.2) is 0 Å². The first-order valence-corrected chi connectivity index (χ1v) is 6.96.